The minimum Gasteiger partial charge on any atom is -0.291 e. The standard InChI is InChI=1S/C13H18N6O2S/c1-10-12(8-16-18-10)22(20,21)17-7-11-2-3-15-13(6-11)19-5-4-14-9-19/h2-6,9-10,12,16-18H,7-8H2,1H3. The fraction of sp³-hybridized carbons (Fsp3) is 0.385. The minimum atomic E-state index is -3.39. The molecular formula is C13H18N6O2S. The molecule has 22 heavy (non-hydrogen) atoms. The lowest BCUT2D eigenvalue weighted by Gasteiger charge is -2.15. The molecule has 2 atom stereocenters. The van der Waals surface area contributed by atoms with E-state index in [9.17, 15) is 8.42 Å². The third-order valence-corrected chi connectivity index (χ3v) is 5.56. The van der Waals surface area contributed by atoms with Gasteiger partial charge in [-0.15, -0.1) is 0 Å². The molecule has 0 saturated carbocycles. The van der Waals surface area contributed by atoms with Crippen LogP contribution in [-0.2, 0) is 16.6 Å². The largest absolute Gasteiger partial charge is 0.291 e. The van der Waals surface area contributed by atoms with E-state index in [1.807, 2.05) is 13.0 Å². The van der Waals surface area contributed by atoms with Crippen LogP contribution in [0.3, 0.4) is 0 Å². The van der Waals surface area contributed by atoms with Crippen molar-refractivity contribution in [3.63, 3.8) is 0 Å². The summed E-state index contributed by atoms with van der Waals surface area (Å²) in [6, 6.07) is 3.49. The van der Waals surface area contributed by atoms with Crippen LogP contribution in [0.2, 0.25) is 0 Å². The Labute approximate surface area is 129 Å². The Morgan fingerprint density at radius 3 is 3.00 bits per heavy atom. The molecule has 0 amide bonds. The van der Waals surface area contributed by atoms with Crippen molar-refractivity contribution in [3.8, 4) is 5.82 Å². The summed E-state index contributed by atoms with van der Waals surface area (Å²) in [6.07, 6.45) is 6.75. The molecule has 3 rings (SSSR count). The summed E-state index contributed by atoms with van der Waals surface area (Å²) in [6.45, 7) is 2.47. The molecule has 2 unspecified atom stereocenters. The van der Waals surface area contributed by atoms with Gasteiger partial charge in [0.1, 0.15) is 17.4 Å². The molecule has 1 saturated heterocycles. The van der Waals surface area contributed by atoms with Gasteiger partial charge < -0.3 is 0 Å². The van der Waals surface area contributed by atoms with Crippen molar-refractivity contribution in [3.05, 3.63) is 42.6 Å². The predicted octanol–water partition coefficient (Wildman–Crippen LogP) is -0.448. The van der Waals surface area contributed by atoms with Gasteiger partial charge in [0.05, 0.1) is 0 Å². The summed E-state index contributed by atoms with van der Waals surface area (Å²) < 4.78 is 29.0. The van der Waals surface area contributed by atoms with Gasteiger partial charge in [0.25, 0.3) is 0 Å². The lowest BCUT2D eigenvalue weighted by Crippen LogP contribution is -2.41. The van der Waals surface area contributed by atoms with Gasteiger partial charge in [0.15, 0.2) is 0 Å². The number of nitrogens with zero attached hydrogens (tertiary/aromatic N) is 3. The van der Waals surface area contributed by atoms with Crippen LogP contribution >= 0.6 is 0 Å². The maximum atomic E-state index is 12.3. The Balaban J connectivity index is 1.70. The first-order chi connectivity index (χ1) is 10.6. The molecule has 1 fully saturated rings. The molecule has 1 aliphatic heterocycles. The lowest BCUT2D eigenvalue weighted by atomic mass is 10.2. The second kappa shape index (κ2) is 6.13. The van der Waals surface area contributed by atoms with Crippen LogP contribution in [0.15, 0.2) is 37.1 Å². The highest BCUT2D eigenvalue weighted by Crippen LogP contribution is 2.11. The molecule has 2 aromatic rings. The Morgan fingerprint density at radius 1 is 1.45 bits per heavy atom. The number of hydrogen-bond acceptors (Lipinski definition) is 6. The predicted molar refractivity (Wildman–Crippen MR) is 81.5 cm³/mol. The van der Waals surface area contributed by atoms with Crippen LogP contribution < -0.4 is 15.6 Å². The van der Waals surface area contributed by atoms with Gasteiger partial charge in [0.2, 0.25) is 10.0 Å². The van der Waals surface area contributed by atoms with Gasteiger partial charge in [-0.25, -0.2) is 23.1 Å². The highest BCUT2D eigenvalue weighted by atomic mass is 32.2. The van der Waals surface area contributed by atoms with Gasteiger partial charge in [-0.2, -0.15) is 0 Å². The first-order valence-electron chi connectivity index (χ1n) is 6.96. The number of sulfonamides is 1. The van der Waals surface area contributed by atoms with E-state index in [1.165, 1.54) is 0 Å². The first kappa shape index (κ1) is 15.1. The molecule has 0 spiro atoms. The normalized spacial score (nSPS) is 22.0. The molecule has 0 aliphatic carbocycles. The zero-order valence-electron chi connectivity index (χ0n) is 12.1. The summed E-state index contributed by atoms with van der Waals surface area (Å²) >= 11 is 0. The van der Waals surface area contributed by atoms with Crippen LogP contribution in [0.25, 0.3) is 5.82 Å². The van der Waals surface area contributed by atoms with E-state index in [0.717, 1.165) is 5.56 Å². The molecule has 118 valence electrons. The fourth-order valence-electron chi connectivity index (χ4n) is 2.37. The van der Waals surface area contributed by atoms with Crippen molar-refractivity contribution in [2.75, 3.05) is 6.54 Å². The van der Waals surface area contributed by atoms with E-state index < -0.39 is 15.3 Å². The van der Waals surface area contributed by atoms with Crippen molar-refractivity contribution in [1.29, 1.82) is 0 Å². The van der Waals surface area contributed by atoms with E-state index in [4.69, 9.17) is 0 Å². The second-order valence-electron chi connectivity index (χ2n) is 5.21. The summed E-state index contributed by atoms with van der Waals surface area (Å²) in [5.74, 6) is 0.701. The Morgan fingerprint density at radius 2 is 2.32 bits per heavy atom. The number of aromatic nitrogens is 3. The zero-order chi connectivity index (χ0) is 15.6. The molecular weight excluding hydrogens is 304 g/mol. The molecule has 1 aliphatic rings. The van der Waals surface area contributed by atoms with Gasteiger partial charge in [-0.1, -0.05) is 0 Å². The number of hydrogen-bond donors (Lipinski definition) is 3. The summed E-state index contributed by atoms with van der Waals surface area (Å²) in [5, 5.41) is -0.484. The van der Waals surface area contributed by atoms with E-state index in [1.54, 1.807) is 35.6 Å². The highest BCUT2D eigenvalue weighted by Gasteiger charge is 2.34. The Kier molecular flexibility index (Phi) is 4.21. The third kappa shape index (κ3) is 3.17. The van der Waals surface area contributed by atoms with E-state index in [0.29, 0.717) is 12.4 Å². The van der Waals surface area contributed by atoms with Gasteiger partial charge in [-0.05, 0) is 24.6 Å². The number of pyridine rings is 1. The SMILES string of the molecule is CC1NNCC1S(=O)(=O)NCc1ccnc(-n2ccnc2)c1. The van der Waals surface area contributed by atoms with Crippen molar-refractivity contribution in [1.82, 2.24) is 30.1 Å². The van der Waals surface area contributed by atoms with Crippen LogP contribution in [0, 0.1) is 0 Å². The molecule has 3 heterocycles. The summed E-state index contributed by atoms with van der Waals surface area (Å²) in [5.41, 5.74) is 6.62. The maximum absolute atomic E-state index is 12.3. The van der Waals surface area contributed by atoms with E-state index in [-0.39, 0.29) is 12.6 Å². The average Bonchev–Trinajstić information content (AvgIpc) is 3.17. The summed E-state index contributed by atoms with van der Waals surface area (Å²) in [4.78, 5) is 8.21. The van der Waals surface area contributed by atoms with Gasteiger partial charge in [-0.3, -0.25) is 15.4 Å². The minimum absolute atomic E-state index is 0.128. The Bertz CT molecular complexity index is 731. The molecule has 3 N–H and O–H groups in total. The molecule has 2 aromatic heterocycles. The topological polar surface area (TPSA) is 101 Å². The van der Waals surface area contributed by atoms with Crippen LogP contribution in [0.5, 0.6) is 0 Å². The van der Waals surface area contributed by atoms with Crippen LogP contribution in [0.1, 0.15) is 12.5 Å². The molecule has 0 radical (unpaired) electrons. The van der Waals surface area contributed by atoms with Gasteiger partial charge in [0, 0.05) is 37.7 Å². The van der Waals surface area contributed by atoms with Crippen LogP contribution in [0.4, 0.5) is 0 Å². The highest BCUT2D eigenvalue weighted by molar-refractivity contribution is 7.90. The monoisotopic (exact) mass is 322 g/mol. The van der Waals surface area contributed by atoms with Crippen molar-refractivity contribution in [2.45, 2.75) is 24.8 Å². The molecule has 8 nitrogen and oxygen atoms in total. The van der Waals surface area contributed by atoms with Crippen molar-refractivity contribution >= 4 is 10.0 Å². The third-order valence-electron chi connectivity index (χ3n) is 3.65. The first-order valence-corrected chi connectivity index (χ1v) is 8.51. The lowest BCUT2D eigenvalue weighted by molar-refractivity contribution is 0.549. The number of nitrogens with one attached hydrogen (secondary N) is 3. The van der Waals surface area contributed by atoms with Gasteiger partial charge >= 0.3 is 0 Å². The Hall–Kier alpha value is -1.81. The molecule has 0 aromatic carbocycles. The smallest absolute Gasteiger partial charge is 0.217 e. The maximum Gasteiger partial charge on any atom is 0.217 e. The number of imidazole rings is 1. The van der Waals surface area contributed by atoms with E-state index in [2.05, 4.69) is 25.5 Å². The van der Waals surface area contributed by atoms with E-state index >= 15 is 0 Å². The number of rotatable bonds is 5. The zero-order valence-corrected chi connectivity index (χ0v) is 12.9. The van der Waals surface area contributed by atoms with Crippen molar-refractivity contribution < 1.29 is 8.42 Å². The number of hydrazine groups is 1. The summed E-state index contributed by atoms with van der Waals surface area (Å²) in [7, 11) is -3.39. The molecule has 9 heteroatoms. The quantitative estimate of drug-likeness (QED) is 0.689. The average molecular weight is 322 g/mol. The van der Waals surface area contributed by atoms with Crippen molar-refractivity contribution in [2.24, 2.45) is 0 Å². The molecule has 0 bridgehead atoms. The van der Waals surface area contributed by atoms with Crippen LogP contribution in [-0.4, -0.2) is 40.8 Å². The second-order valence-corrected chi connectivity index (χ2v) is 7.19. The fourth-order valence-corrected chi connectivity index (χ4v) is 3.86.